The molecule has 2 N–H and O–H groups in total. The number of nitrogens with one attached hydrogen (secondary N) is 2. The van der Waals surface area contributed by atoms with E-state index in [1.165, 1.54) is 11.8 Å². The van der Waals surface area contributed by atoms with Crippen molar-refractivity contribution in [3.63, 3.8) is 0 Å². The zero-order valence-corrected chi connectivity index (χ0v) is 16.8. The Morgan fingerprint density at radius 2 is 1.97 bits per heavy atom. The van der Waals surface area contributed by atoms with Gasteiger partial charge in [-0.1, -0.05) is 54.2 Å². The Labute approximate surface area is 173 Å². The van der Waals surface area contributed by atoms with Crippen molar-refractivity contribution in [3.8, 4) is 11.8 Å². The lowest BCUT2D eigenvalue weighted by molar-refractivity contribution is -0.121. The summed E-state index contributed by atoms with van der Waals surface area (Å²) in [7, 11) is 1.60. The molecule has 0 aliphatic carbocycles. The van der Waals surface area contributed by atoms with E-state index in [1.807, 2.05) is 54.6 Å². The maximum atomic E-state index is 12.2. The van der Waals surface area contributed by atoms with E-state index in [1.54, 1.807) is 7.11 Å². The van der Waals surface area contributed by atoms with E-state index in [2.05, 4.69) is 16.7 Å². The third-order valence-corrected chi connectivity index (χ3v) is 5.57. The van der Waals surface area contributed by atoms with Crippen LogP contribution in [0.3, 0.4) is 0 Å². The molecule has 0 saturated carbocycles. The Morgan fingerprint density at radius 3 is 2.62 bits per heavy atom. The molecule has 0 fully saturated rings. The minimum Gasteiger partial charge on any atom is -0.497 e. The molecule has 0 bridgehead atoms. The number of benzene rings is 2. The van der Waals surface area contributed by atoms with Crippen molar-refractivity contribution in [1.82, 2.24) is 10.6 Å². The van der Waals surface area contributed by atoms with Crippen LogP contribution in [0.5, 0.6) is 5.75 Å². The average Bonchev–Trinajstić information content (AvgIpc) is 2.76. The number of thioether (sulfide) groups is 1. The smallest absolute Gasteiger partial charge is 0.230 e. The van der Waals surface area contributed by atoms with Gasteiger partial charge in [0.05, 0.1) is 29.5 Å². The number of ether oxygens (including phenoxy) is 1. The van der Waals surface area contributed by atoms with Gasteiger partial charge >= 0.3 is 0 Å². The van der Waals surface area contributed by atoms with Gasteiger partial charge in [0.2, 0.25) is 11.8 Å². The van der Waals surface area contributed by atoms with Gasteiger partial charge in [0.15, 0.2) is 0 Å². The first-order valence-electron chi connectivity index (χ1n) is 9.12. The quantitative estimate of drug-likeness (QED) is 0.736. The number of nitrogens with zero attached hydrogens (tertiary/aromatic N) is 1. The lowest BCUT2D eigenvalue weighted by Crippen LogP contribution is -2.32. The lowest BCUT2D eigenvalue weighted by atomic mass is 9.87. The van der Waals surface area contributed by atoms with Crippen LogP contribution in [-0.4, -0.2) is 24.7 Å². The number of amides is 2. The van der Waals surface area contributed by atoms with Gasteiger partial charge < -0.3 is 15.4 Å². The highest BCUT2D eigenvalue weighted by atomic mass is 32.2. The summed E-state index contributed by atoms with van der Waals surface area (Å²) in [5.74, 6) is 0.247. The van der Waals surface area contributed by atoms with Gasteiger partial charge in [0.25, 0.3) is 0 Å². The van der Waals surface area contributed by atoms with Crippen LogP contribution < -0.4 is 15.4 Å². The summed E-state index contributed by atoms with van der Waals surface area (Å²) in [4.78, 5) is 24.4. The van der Waals surface area contributed by atoms with Crippen molar-refractivity contribution in [3.05, 3.63) is 76.3 Å². The minimum absolute atomic E-state index is 0.110. The Balaban J connectivity index is 1.62. The van der Waals surface area contributed by atoms with Crippen LogP contribution in [0, 0.1) is 11.3 Å². The maximum Gasteiger partial charge on any atom is 0.230 e. The van der Waals surface area contributed by atoms with Gasteiger partial charge in [-0.05, 0) is 23.3 Å². The number of methoxy groups -OCH3 is 1. The van der Waals surface area contributed by atoms with E-state index >= 15 is 0 Å². The first kappa shape index (κ1) is 20.5. The van der Waals surface area contributed by atoms with Crippen LogP contribution in [0.4, 0.5) is 0 Å². The third-order valence-electron chi connectivity index (χ3n) is 4.55. The number of carbonyl (C=O) groups excluding carboxylic acids is 2. The van der Waals surface area contributed by atoms with E-state index in [4.69, 9.17) is 4.74 Å². The highest BCUT2D eigenvalue weighted by Crippen LogP contribution is 2.35. The second-order valence-corrected chi connectivity index (χ2v) is 7.47. The fourth-order valence-corrected chi connectivity index (χ4v) is 3.94. The second kappa shape index (κ2) is 9.80. The summed E-state index contributed by atoms with van der Waals surface area (Å²) < 4.78 is 5.11. The molecule has 2 amide bonds. The summed E-state index contributed by atoms with van der Waals surface area (Å²) >= 11 is 1.17. The third kappa shape index (κ3) is 5.39. The molecular formula is C22H21N3O3S. The molecule has 0 aromatic heterocycles. The molecule has 148 valence electrons. The van der Waals surface area contributed by atoms with Crippen LogP contribution in [0.15, 0.2) is 65.2 Å². The van der Waals surface area contributed by atoms with Crippen LogP contribution in [0.1, 0.15) is 23.5 Å². The predicted octanol–water partition coefficient (Wildman–Crippen LogP) is 3.08. The molecule has 0 saturated heterocycles. The van der Waals surface area contributed by atoms with Gasteiger partial charge in [0.1, 0.15) is 5.75 Å². The summed E-state index contributed by atoms with van der Waals surface area (Å²) in [5.41, 5.74) is 2.36. The van der Waals surface area contributed by atoms with Crippen molar-refractivity contribution in [1.29, 1.82) is 5.26 Å². The zero-order chi connectivity index (χ0) is 20.6. The van der Waals surface area contributed by atoms with Crippen LogP contribution in [-0.2, 0) is 16.1 Å². The Hall–Kier alpha value is -3.24. The minimum atomic E-state index is -0.292. The SMILES string of the molecule is COc1ccc(CNC(=O)CSC2=C(C#N)[C@H](c3ccccc3)CC(=O)N2)cc1. The molecule has 0 spiro atoms. The lowest BCUT2D eigenvalue weighted by Gasteiger charge is -2.25. The highest BCUT2D eigenvalue weighted by molar-refractivity contribution is 8.03. The number of hydrogen-bond donors (Lipinski definition) is 2. The van der Waals surface area contributed by atoms with Crippen molar-refractivity contribution in [2.75, 3.05) is 12.9 Å². The Morgan fingerprint density at radius 1 is 1.24 bits per heavy atom. The molecular weight excluding hydrogens is 386 g/mol. The predicted molar refractivity (Wildman–Crippen MR) is 112 cm³/mol. The number of rotatable bonds is 7. The second-order valence-electron chi connectivity index (χ2n) is 6.48. The van der Waals surface area contributed by atoms with E-state index in [9.17, 15) is 14.9 Å². The number of allylic oxidation sites excluding steroid dienone is 1. The van der Waals surface area contributed by atoms with Crippen molar-refractivity contribution >= 4 is 23.6 Å². The molecule has 1 heterocycles. The molecule has 7 heteroatoms. The fourth-order valence-electron chi connectivity index (χ4n) is 3.04. The van der Waals surface area contributed by atoms with Crippen LogP contribution in [0.2, 0.25) is 0 Å². The van der Waals surface area contributed by atoms with Gasteiger partial charge in [-0.3, -0.25) is 9.59 Å². The van der Waals surface area contributed by atoms with Gasteiger partial charge in [-0.25, -0.2) is 0 Å². The van der Waals surface area contributed by atoms with Crippen molar-refractivity contribution in [2.45, 2.75) is 18.9 Å². The number of nitriles is 1. The summed E-state index contributed by atoms with van der Waals surface area (Å²) in [6.07, 6.45) is 0.223. The monoisotopic (exact) mass is 407 g/mol. The molecule has 0 radical (unpaired) electrons. The summed E-state index contributed by atoms with van der Waals surface area (Å²) in [6.45, 7) is 0.395. The zero-order valence-electron chi connectivity index (χ0n) is 16.0. The van der Waals surface area contributed by atoms with E-state index in [0.717, 1.165) is 16.9 Å². The molecule has 29 heavy (non-hydrogen) atoms. The van der Waals surface area contributed by atoms with Crippen molar-refractivity contribution in [2.24, 2.45) is 0 Å². The van der Waals surface area contributed by atoms with Gasteiger partial charge in [-0.15, -0.1) is 0 Å². The van der Waals surface area contributed by atoms with E-state index < -0.39 is 0 Å². The molecule has 1 aliphatic rings. The van der Waals surface area contributed by atoms with E-state index in [0.29, 0.717) is 17.1 Å². The average molecular weight is 407 g/mol. The Kier molecular flexibility index (Phi) is 6.93. The number of carbonyl (C=O) groups is 2. The standard InChI is InChI=1S/C22H21N3O3S/c1-28-17-9-7-15(8-10-17)13-24-21(27)14-29-22-19(12-23)18(11-20(26)25-22)16-5-3-2-4-6-16/h2-10,18H,11,13-14H2,1H3,(H,24,27)(H,25,26)/t18-/m0/s1. The van der Waals surface area contributed by atoms with E-state index in [-0.39, 0.29) is 29.9 Å². The molecule has 6 nitrogen and oxygen atoms in total. The first-order valence-corrected chi connectivity index (χ1v) is 10.1. The normalized spacial score (nSPS) is 16.0. The molecule has 1 aliphatic heterocycles. The van der Waals surface area contributed by atoms with Gasteiger partial charge in [-0.2, -0.15) is 5.26 Å². The van der Waals surface area contributed by atoms with Crippen molar-refractivity contribution < 1.29 is 14.3 Å². The molecule has 1 atom stereocenters. The van der Waals surface area contributed by atoms with Crippen LogP contribution in [0.25, 0.3) is 0 Å². The maximum absolute atomic E-state index is 12.2. The molecule has 2 aromatic carbocycles. The topological polar surface area (TPSA) is 91.2 Å². The summed E-state index contributed by atoms with van der Waals surface area (Å²) in [5, 5.41) is 15.7. The fraction of sp³-hybridized carbons (Fsp3) is 0.227. The van der Waals surface area contributed by atoms with Gasteiger partial charge in [0, 0.05) is 18.9 Å². The summed E-state index contributed by atoms with van der Waals surface area (Å²) in [6, 6.07) is 19.1. The number of hydrogen-bond acceptors (Lipinski definition) is 5. The largest absolute Gasteiger partial charge is 0.497 e. The molecule has 3 rings (SSSR count). The molecule has 0 unspecified atom stereocenters. The first-order chi connectivity index (χ1) is 14.1. The molecule has 2 aromatic rings. The Bertz CT molecular complexity index is 950. The highest BCUT2D eigenvalue weighted by Gasteiger charge is 2.29. The van der Waals surface area contributed by atoms with Crippen LogP contribution >= 0.6 is 11.8 Å².